The molecule has 64 valence electrons. The molecule has 4 nitrogen and oxygen atoms in total. The predicted octanol–water partition coefficient (Wildman–Crippen LogP) is 0.401. The Morgan fingerprint density at radius 1 is 1.83 bits per heavy atom. The first kappa shape index (κ1) is 8.52. The van der Waals surface area contributed by atoms with Crippen LogP contribution in [0.25, 0.3) is 5.57 Å². The van der Waals surface area contributed by atoms with Crippen LogP contribution >= 0.6 is 0 Å². The fourth-order valence-corrected chi connectivity index (χ4v) is 0.815. The Morgan fingerprint density at radius 2 is 2.50 bits per heavy atom. The van der Waals surface area contributed by atoms with Crippen molar-refractivity contribution in [2.75, 3.05) is 0 Å². The molecule has 1 heterocycles. The average Bonchev–Trinajstić information content (AvgIpc) is 2.50. The molecule has 1 aromatic heterocycles. The number of carbonyl (C=O) groups excluding carboxylic acids is 1. The van der Waals surface area contributed by atoms with Gasteiger partial charge in [-0.05, 0) is 6.92 Å². The zero-order valence-electron chi connectivity index (χ0n) is 6.95. The molecule has 12 heavy (non-hydrogen) atoms. The van der Waals surface area contributed by atoms with E-state index in [9.17, 15) is 4.79 Å². The molecule has 0 spiro atoms. The standard InChI is InChI=1S/C8H11N3O/c1-3-11-4-7(10-5-11)6(2)8(9)12/h4-5H,2-3H2,1H3,(H2,9,12). The van der Waals surface area contributed by atoms with Gasteiger partial charge in [0.25, 0.3) is 0 Å². The molecule has 0 saturated carbocycles. The first-order valence-corrected chi connectivity index (χ1v) is 3.66. The smallest absolute Gasteiger partial charge is 0.250 e. The second-order valence-corrected chi connectivity index (χ2v) is 2.43. The quantitative estimate of drug-likeness (QED) is 0.659. The Kier molecular flexibility index (Phi) is 2.28. The number of nitrogens with two attached hydrogens (primary N) is 1. The minimum Gasteiger partial charge on any atom is -0.366 e. The molecule has 4 heteroatoms. The molecule has 1 rings (SSSR count). The van der Waals surface area contributed by atoms with Crippen LogP contribution in [0, 0.1) is 0 Å². The number of nitrogens with zero attached hydrogens (tertiary/aromatic N) is 2. The maximum atomic E-state index is 10.7. The Labute approximate surface area is 70.7 Å². The van der Waals surface area contributed by atoms with Crippen LogP contribution in [0.2, 0.25) is 0 Å². The number of hydrogen-bond acceptors (Lipinski definition) is 2. The van der Waals surface area contributed by atoms with Crippen LogP contribution in [0.1, 0.15) is 12.6 Å². The molecule has 0 radical (unpaired) electrons. The van der Waals surface area contributed by atoms with Crippen LogP contribution in [-0.4, -0.2) is 15.5 Å². The molecule has 0 fully saturated rings. The third kappa shape index (κ3) is 1.53. The summed E-state index contributed by atoms with van der Waals surface area (Å²) in [6.07, 6.45) is 3.39. The Balaban J connectivity index is 2.89. The molecule has 0 saturated heterocycles. The van der Waals surface area contributed by atoms with Crippen molar-refractivity contribution in [1.82, 2.24) is 9.55 Å². The number of amides is 1. The van der Waals surface area contributed by atoms with Crippen LogP contribution in [0.5, 0.6) is 0 Å². The molecule has 0 aliphatic rings. The fourth-order valence-electron chi connectivity index (χ4n) is 0.815. The lowest BCUT2D eigenvalue weighted by Crippen LogP contribution is -2.12. The average molecular weight is 165 g/mol. The highest BCUT2D eigenvalue weighted by atomic mass is 16.1. The maximum absolute atomic E-state index is 10.7. The van der Waals surface area contributed by atoms with Crippen LogP contribution in [0.3, 0.4) is 0 Å². The van der Waals surface area contributed by atoms with Gasteiger partial charge in [-0.1, -0.05) is 6.58 Å². The van der Waals surface area contributed by atoms with E-state index < -0.39 is 5.91 Å². The first-order chi connectivity index (χ1) is 5.65. The lowest BCUT2D eigenvalue weighted by molar-refractivity contribution is -0.112. The van der Waals surface area contributed by atoms with Crippen LogP contribution in [0.4, 0.5) is 0 Å². The SMILES string of the molecule is C=C(C(N)=O)c1cn(CC)cn1. The summed E-state index contributed by atoms with van der Waals surface area (Å²) in [5.74, 6) is -0.531. The summed E-state index contributed by atoms with van der Waals surface area (Å²) in [6, 6.07) is 0. The normalized spacial score (nSPS) is 9.75. The van der Waals surface area contributed by atoms with Gasteiger partial charge in [0, 0.05) is 12.7 Å². The summed E-state index contributed by atoms with van der Waals surface area (Å²) in [7, 11) is 0. The van der Waals surface area contributed by atoms with E-state index >= 15 is 0 Å². The van der Waals surface area contributed by atoms with E-state index in [-0.39, 0.29) is 5.57 Å². The Morgan fingerprint density at radius 3 is 2.92 bits per heavy atom. The Bertz CT molecular complexity index is 314. The van der Waals surface area contributed by atoms with Crippen molar-refractivity contribution in [1.29, 1.82) is 0 Å². The highest BCUT2D eigenvalue weighted by Gasteiger charge is 2.07. The monoisotopic (exact) mass is 165 g/mol. The lowest BCUT2D eigenvalue weighted by Gasteiger charge is -1.94. The molecule has 0 atom stereocenters. The van der Waals surface area contributed by atoms with E-state index in [0.717, 1.165) is 6.54 Å². The van der Waals surface area contributed by atoms with Crippen molar-refractivity contribution in [2.24, 2.45) is 5.73 Å². The third-order valence-electron chi connectivity index (χ3n) is 1.61. The minimum absolute atomic E-state index is 0.252. The van der Waals surface area contributed by atoms with Crippen LogP contribution in [-0.2, 0) is 11.3 Å². The summed E-state index contributed by atoms with van der Waals surface area (Å²) < 4.78 is 1.85. The maximum Gasteiger partial charge on any atom is 0.250 e. The number of primary amides is 1. The van der Waals surface area contributed by atoms with Crippen molar-refractivity contribution >= 4 is 11.5 Å². The lowest BCUT2D eigenvalue weighted by atomic mass is 10.2. The molecule has 0 aromatic carbocycles. The molecular formula is C8H11N3O. The molecule has 0 unspecified atom stereocenters. The van der Waals surface area contributed by atoms with Crippen molar-refractivity contribution in [3.05, 3.63) is 24.8 Å². The molecule has 0 bridgehead atoms. The molecular weight excluding hydrogens is 154 g/mol. The first-order valence-electron chi connectivity index (χ1n) is 3.66. The van der Waals surface area contributed by atoms with Crippen LogP contribution in [0.15, 0.2) is 19.1 Å². The summed E-state index contributed by atoms with van der Waals surface area (Å²) in [6.45, 7) is 6.32. The number of aromatic nitrogens is 2. The minimum atomic E-state index is -0.531. The highest BCUT2D eigenvalue weighted by molar-refractivity contribution is 6.17. The molecule has 0 aliphatic heterocycles. The molecule has 0 aliphatic carbocycles. The molecule has 1 amide bonds. The van der Waals surface area contributed by atoms with E-state index in [1.54, 1.807) is 12.5 Å². The summed E-state index contributed by atoms with van der Waals surface area (Å²) in [5.41, 5.74) is 5.83. The molecule has 2 N–H and O–H groups in total. The number of carbonyl (C=O) groups is 1. The summed E-state index contributed by atoms with van der Waals surface area (Å²) in [4.78, 5) is 14.6. The number of imidazole rings is 1. The van der Waals surface area contributed by atoms with E-state index in [0.29, 0.717) is 5.69 Å². The van der Waals surface area contributed by atoms with Gasteiger partial charge in [-0.15, -0.1) is 0 Å². The van der Waals surface area contributed by atoms with Gasteiger partial charge in [0.05, 0.1) is 17.6 Å². The zero-order valence-corrected chi connectivity index (χ0v) is 6.95. The van der Waals surface area contributed by atoms with Gasteiger partial charge in [-0.25, -0.2) is 4.98 Å². The third-order valence-corrected chi connectivity index (χ3v) is 1.61. The van der Waals surface area contributed by atoms with Crippen molar-refractivity contribution in [3.8, 4) is 0 Å². The van der Waals surface area contributed by atoms with Crippen LogP contribution < -0.4 is 5.73 Å². The van der Waals surface area contributed by atoms with E-state index in [1.807, 2.05) is 11.5 Å². The van der Waals surface area contributed by atoms with Gasteiger partial charge >= 0.3 is 0 Å². The van der Waals surface area contributed by atoms with Gasteiger partial charge in [0.1, 0.15) is 0 Å². The van der Waals surface area contributed by atoms with Gasteiger partial charge in [0.2, 0.25) is 5.91 Å². The number of hydrogen-bond donors (Lipinski definition) is 1. The Hall–Kier alpha value is -1.58. The van der Waals surface area contributed by atoms with E-state index in [2.05, 4.69) is 11.6 Å². The number of rotatable bonds is 3. The fraction of sp³-hybridized carbons (Fsp3) is 0.250. The zero-order chi connectivity index (χ0) is 9.14. The van der Waals surface area contributed by atoms with E-state index in [1.165, 1.54) is 0 Å². The number of aryl methyl sites for hydroxylation is 1. The summed E-state index contributed by atoms with van der Waals surface area (Å²) in [5, 5.41) is 0. The van der Waals surface area contributed by atoms with Gasteiger partial charge in [-0.3, -0.25) is 4.79 Å². The second-order valence-electron chi connectivity index (χ2n) is 2.43. The van der Waals surface area contributed by atoms with Gasteiger partial charge in [-0.2, -0.15) is 0 Å². The van der Waals surface area contributed by atoms with Crippen molar-refractivity contribution < 1.29 is 4.79 Å². The largest absolute Gasteiger partial charge is 0.366 e. The summed E-state index contributed by atoms with van der Waals surface area (Å²) >= 11 is 0. The highest BCUT2D eigenvalue weighted by Crippen LogP contribution is 2.07. The van der Waals surface area contributed by atoms with Gasteiger partial charge in [0.15, 0.2) is 0 Å². The second kappa shape index (κ2) is 3.21. The van der Waals surface area contributed by atoms with E-state index in [4.69, 9.17) is 5.73 Å². The predicted molar refractivity (Wildman–Crippen MR) is 46.1 cm³/mol. The van der Waals surface area contributed by atoms with Crippen molar-refractivity contribution in [2.45, 2.75) is 13.5 Å². The van der Waals surface area contributed by atoms with Gasteiger partial charge < -0.3 is 10.3 Å². The topological polar surface area (TPSA) is 60.9 Å². The molecule has 1 aromatic rings. The van der Waals surface area contributed by atoms with Crippen molar-refractivity contribution in [3.63, 3.8) is 0 Å².